The van der Waals surface area contributed by atoms with Gasteiger partial charge in [-0.3, -0.25) is 10.2 Å². The van der Waals surface area contributed by atoms with Crippen molar-refractivity contribution < 1.29 is 19.1 Å². The topological polar surface area (TPSA) is 92.8 Å². The molecule has 0 atom stereocenters. The minimum absolute atomic E-state index is 0.164. The summed E-state index contributed by atoms with van der Waals surface area (Å²) in [4.78, 5) is 30.2. The van der Waals surface area contributed by atoms with Crippen molar-refractivity contribution in [1.82, 2.24) is 15.8 Å². The number of hydrogen-bond acceptors (Lipinski definition) is 6. The summed E-state index contributed by atoms with van der Waals surface area (Å²) in [5.41, 5.74) is 5.18. The van der Waals surface area contributed by atoms with Crippen molar-refractivity contribution in [1.29, 1.82) is 0 Å². The molecule has 134 valence electrons. The monoisotopic (exact) mass is 346 g/mol. The molecular formula is C17H22N4O4. The molecule has 0 saturated carbocycles. The highest BCUT2D eigenvalue weighted by Gasteiger charge is 2.22. The molecule has 0 unspecified atom stereocenters. The Morgan fingerprint density at radius 2 is 2.00 bits per heavy atom. The molecule has 0 aliphatic carbocycles. The van der Waals surface area contributed by atoms with Crippen LogP contribution in [0.2, 0.25) is 0 Å². The van der Waals surface area contributed by atoms with Crippen LogP contribution in [0.1, 0.15) is 36.8 Å². The summed E-state index contributed by atoms with van der Waals surface area (Å²) in [5.74, 6) is 1.95. The highest BCUT2D eigenvalue weighted by Crippen LogP contribution is 2.21. The zero-order valence-corrected chi connectivity index (χ0v) is 14.6. The lowest BCUT2D eigenvalue weighted by molar-refractivity contribution is 0.0483. The average molecular weight is 346 g/mol. The Kier molecular flexibility index (Phi) is 5.83. The third-order valence-corrected chi connectivity index (χ3v) is 3.28. The molecule has 8 heteroatoms. The SMILES string of the molecule is C#Cc1cnc(C(=O)NNC(=O)OC(C)(C)C)c(N2CCOCC2)c1. The predicted molar refractivity (Wildman–Crippen MR) is 92.0 cm³/mol. The Morgan fingerprint density at radius 3 is 2.60 bits per heavy atom. The maximum Gasteiger partial charge on any atom is 0.426 e. The number of rotatable bonds is 2. The second-order valence-electron chi connectivity index (χ2n) is 6.42. The highest BCUT2D eigenvalue weighted by molar-refractivity contribution is 5.98. The van der Waals surface area contributed by atoms with Gasteiger partial charge in [0.25, 0.3) is 5.91 Å². The van der Waals surface area contributed by atoms with E-state index in [1.54, 1.807) is 26.8 Å². The van der Waals surface area contributed by atoms with Gasteiger partial charge < -0.3 is 14.4 Å². The molecule has 0 aromatic carbocycles. The van der Waals surface area contributed by atoms with E-state index in [9.17, 15) is 9.59 Å². The van der Waals surface area contributed by atoms with E-state index in [4.69, 9.17) is 15.9 Å². The number of nitrogens with one attached hydrogen (secondary N) is 2. The molecule has 0 spiro atoms. The molecule has 8 nitrogen and oxygen atoms in total. The molecular weight excluding hydrogens is 324 g/mol. The molecule has 0 bridgehead atoms. The summed E-state index contributed by atoms with van der Waals surface area (Å²) in [6, 6.07) is 1.72. The molecule has 0 radical (unpaired) electrons. The number of terminal acetylenes is 1. The second-order valence-corrected chi connectivity index (χ2v) is 6.42. The summed E-state index contributed by atoms with van der Waals surface area (Å²) in [5, 5.41) is 0. The van der Waals surface area contributed by atoms with E-state index in [1.165, 1.54) is 6.20 Å². The van der Waals surface area contributed by atoms with Crippen LogP contribution in [-0.4, -0.2) is 48.9 Å². The molecule has 1 aliphatic heterocycles. The number of hydrogen-bond donors (Lipinski definition) is 2. The van der Waals surface area contributed by atoms with Crippen molar-refractivity contribution in [3.05, 3.63) is 23.5 Å². The maximum atomic E-state index is 12.4. The first kappa shape index (κ1) is 18.5. The Hall–Kier alpha value is -2.79. The van der Waals surface area contributed by atoms with Gasteiger partial charge >= 0.3 is 6.09 Å². The average Bonchev–Trinajstić information content (AvgIpc) is 2.58. The van der Waals surface area contributed by atoms with Crippen molar-refractivity contribution in [3.63, 3.8) is 0 Å². The smallest absolute Gasteiger partial charge is 0.426 e. The molecule has 25 heavy (non-hydrogen) atoms. The first-order chi connectivity index (χ1) is 11.8. The first-order valence-corrected chi connectivity index (χ1v) is 7.89. The summed E-state index contributed by atoms with van der Waals surface area (Å²) in [6.07, 6.45) is 6.11. The maximum absolute atomic E-state index is 12.4. The normalized spacial score (nSPS) is 14.4. The molecule has 1 aromatic heterocycles. The second kappa shape index (κ2) is 7.85. The lowest BCUT2D eigenvalue weighted by Gasteiger charge is -2.30. The van der Waals surface area contributed by atoms with E-state index >= 15 is 0 Å². The van der Waals surface area contributed by atoms with Gasteiger partial charge in [-0.15, -0.1) is 6.42 Å². The largest absolute Gasteiger partial charge is 0.443 e. The van der Waals surface area contributed by atoms with Crippen LogP contribution in [0.15, 0.2) is 12.3 Å². The zero-order chi connectivity index (χ0) is 18.4. The summed E-state index contributed by atoms with van der Waals surface area (Å²) in [7, 11) is 0. The van der Waals surface area contributed by atoms with Crippen molar-refractivity contribution in [3.8, 4) is 12.3 Å². The van der Waals surface area contributed by atoms with Gasteiger partial charge in [0, 0.05) is 24.8 Å². The molecule has 2 N–H and O–H groups in total. The van der Waals surface area contributed by atoms with Gasteiger partial charge in [-0.25, -0.2) is 15.2 Å². The molecule has 1 saturated heterocycles. The van der Waals surface area contributed by atoms with Crippen molar-refractivity contribution in [2.45, 2.75) is 26.4 Å². The molecule has 2 rings (SSSR count). The number of carbonyl (C=O) groups excluding carboxylic acids is 2. The molecule has 1 aromatic rings. The lowest BCUT2D eigenvalue weighted by Crippen LogP contribution is -2.45. The minimum Gasteiger partial charge on any atom is -0.443 e. The van der Waals surface area contributed by atoms with Gasteiger partial charge in [-0.05, 0) is 26.8 Å². The van der Waals surface area contributed by atoms with Crippen LogP contribution in [-0.2, 0) is 9.47 Å². The van der Waals surface area contributed by atoms with Crippen LogP contribution in [0.5, 0.6) is 0 Å². The number of anilines is 1. The van der Waals surface area contributed by atoms with Crippen molar-refractivity contribution in [2.75, 3.05) is 31.2 Å². The highest BCUT2D eigenvalue weighted by atomic mass is 16.6. The molecule has 1 aliphatic rings. The van der Waals surface area contributed by atoms with Crippen molar-refractivity contribution in [2.24, 2.45) is 0 Å². The Labute approximate surface area is 146 Å². The number of pyridine rings is 1. The van der Waals surface area contributed by atoms with Gasteiger partial charge in [0.2, 0.25) is 0 Å². The Balaban J connectivity index is 2.13. The van der Waals surface area contributed by atoms with E-state index in [0.29, 0.717) is 37.6 Å². The summed E-state index contributed by atoms with van der Waals surface area (Å²) >= 11 is 0. The van der Waals surface area contributed by atoms with Gasteiger partial charge in [0.1, 0.15) is 5.60 Å². The van der Waals surface area contributed by atoms with Gasteiger partial charge in [-0.1, -0.05) is 5.92 Å². The van der Waals surface area contributed by atoms with E-state index in [1.807, 2.05) is 4.90 Å². The number of carbonyl (C=O) groups is 2. The number of ether oxygens (including phenoxy) is 2. The van der Waals surface area contributed by atoms with Gasteiger partial charge in [0.15, 0.2) is 5.69 Å². The Morgan fingerprint density at radius 1 is 1.32 bits per heavy atom. The summed E-state index contributed by atoms with van der Waals surface area (Å²) in [6.45, 7) is 7.53. The number of nitrogens with zero attached hydrogens (tertiary/aromatic N) is 2. The van der Waals surface area contributed by atoms with E-state index in [-0.39, 0.29) is 5.69 Å². The number of hydrazine groups is 1. The Bertz CT molecular complexity index is 685. The zero-order valence-electron chi connectivity index (χ0n) is 14.6. The van der Waals surface area contributed by atoms with Crippen LogP contribution in [0.25, 0.3) is 0 Å². The van der Waals surface area contributed by atoms with E-state index < -0.39 is 17.6 Å². The summed E-state index contributed by atoms with van der Waals surface area (Å²) < 4.78 is 10.4. The fourth-order valence-electron chi connectivity index (χ4n) is 2.22. The first-order valence-electron chi connectivity index (χ1n) is 7.89. The quantitative estimate of drug-likeness (QED) is 0.615. The van der Waals surface area contributed by atoms with Gasteiger partial charge in [-0.2, -0.15) is 0 Å². The van der Waals surface area contributed by atoms with Crippen LogP contribution < -0.4 is 15.8 Å². The minimum atomic E-state index is -0.756. The van der Waals surface area contributed by atoms with Crippen LogP contribution in [0, 0.1) is 12.3 Å². The molecule has 2 amide bonds. The fourth-order valence-corrected chi connectivity index (χ4v) is 2.22. The third kappa shape index (κ3) is 5.36. The van der Waals surface area contributed by atoms with Crippen molar-refractivity contribution >= 4 is 17.7 Å². The predicted octanol–water partition coefficient (Wildman–Crippen LogP) is 1.07. The molecule has 1 fully saturated rings. The number of morpholine rings is 1. The van der Waals surface area contributed by atoms with Crippen LogP contribution in [0.3, 0.4) is 0 Å². The number of amides is 2. The lowest BCUT2D eigenvalue weighted by atomic mass is 10.2. The van der Waals surface area contributed by atoms with E-state index in [2.05, 4.69) is 21.8 Å². The van der Waals surface area contributed by atoms with Crippen LogP contribution in [0.4, 0.5) is 10.5 Å². The standard InChI is InChI=1S/C17H22N4O4/c1-5-12-10-13(21-6-8-24-9-7-21)14(18-11-12)15(22)19-20-16(23)25-17(2,3)4/h1,10-11H,6-9H2,2-4H3,(H,19,22)(H,20,23). The molecule has 2 heterocycles. The number of aromatic nitrogens is 1. The third-order valence-electron chi connectivity index (χ3n) is 3.28. The van der Waals surface area contributed by atoms with Crippen LogP contribution >= 0.6 is 0 Å². The van der Waals surface area contributed by atoms with E-state index in [0.717, 1.165) is 0 Å². The van der Waals surface area contributed by atoms with Gasteiger partial charge in [0.05, 0.1) is 18.9 Å². The fraction of sp³-hybridized carbons (Fsp3) is 0.471.